The zero-order valence-electron chi connectivity index (χ0n) is 55.5. The number of rotatable bonds is 27. The first-order chi connectivity index (χ1) is 46.2. The molecule has 6 atom stereocenters. The predicted octanol–water partition coefficient (Wildman–Crippen LogP) is 7.26. The molecule has 10 rings (SSSR count). The van der Waals surface area contributed by atoms with E-state index in [-0.39, 0.29) is 75.7 Å². The highest BCUT2D eigenvalue weighted by atomic mass is 16.7. The smallest absolute Gasteiger partial charge is 0.415 e. The Morgan fingerprint density at radius 1 is 0.729 bits per heavy atom. The van der Waals surface area contributed by atoms with Gasteiger partial charge in [-0.1, -0.05) is 57.2 Å². The highest BCUT2D eigenvalue weighted by Gasteiger charge is 2.48. The van der Waals surface area contributed by atoms with E-state index in [0.29, 0.717) is 59.5 Å². The van der Waals surface area contributed by atoms with Crippen LogP contribution in [0.1, 0.15) is 112 Å². The van der Waals surface area contributed by atoms with E-state index in [9.17, 15) is 49.2 Å². The standard InChI is InChI=1S/C69H87N9O18/c1-41-16-20-45(21-17-41)77(6)63-46-22-23-47(57(46)70-39-71-63)64(83)73(2)28-29-75(4)68(87)91-38-42-18-24-52(94-66-60(82)58(80)59(81)62(95-66)65(84)85)50(33-42)72-56(79)15-13-11-9-8-10-12-14-32-90-67(86)74(3)30-31-76(5)69(88)96-61-49-37-78-27-26-44-35-54-55(93-40-92-54)36-48(44)51(78)34-43(49)19-25-53(61)89-7/h18-19,22-25,33-37,39,41,45,47,58-60,62,66,80-82H,8-17,20-21,26-32,38,40H2,1-7H3,(H-,72,79,84,85)/p+1/t41-,45-,47?,58-,59-,60+,62-,66+/m0/s1. The quantitative estimate of drug-likeness (QED) is 0.0255. The number of aromatic nitrogens is 3. The molecule has 0 spiro atoms. The number of amides is 5. The van der Waals surface area contributed by atoms with Crippen molar-refractivity contribution in [2.75, 3.05) is 92.1 Å². The van der Waals surface area contributed by atoms with Crippen LogP contribution in [0.25, 0.3) is 28.1 Å². The summed E-state index contributed by atoms with van der Waals surface area (Å²) in [4.78, 5) is 95.9. The van der Waals surface area contributed by atoms with E-state index < -0.39 is 66.8 Å². The van der Waals surface area contributed by atoms with E-state index in [1.165, 1.54) is 51.9 Å². The lowest BCUT2D eigenvalue weighted by atomic mass is 9.86. The van der Waals surface area contributed by atoms with Gasteiger partial charge in [-0.25, -0.2) is 29.1 Å². The van der Waals surface area contributed by atoms with Gasteiger partial charge in [-0.2, -0.15) is 4.57 Å². The van der Waals surface area contributed by atoms with Gasteiger partial charge in [0.1, 0.15) is 42.8 Å². The number of hydrogen-bond donors (Lipinski definition) is 5. The van der Waals surface area contributed by atoms with E-state index in [2.05, 4.69) is 44.8 Å². The number of carboxylic acid groups (broad SMARTS) is 1. The number of aliphatic hydroxyl groups excluding tert-OH is 3. The van der Waals surface area contributed by atoms with Crippen molar-refractivity contribution < 1.29 is 91.7 Å². The minimum Gasteiger partial charge on any atom is -0.493 e. The maximum atomic E-state index is 13.8. The summed E-state index contributed by atoms with van der Waals surface area (Å²) < 4.78 is 47.4. The lowest BCUT2D eigenvalue weighted by Gasteiger charge is -2.38. The first kappa shape index (κ1) is 69.8. The minimum absolute atomic E-state index is 0.0689. The van der Waals surface area contributed by atoms with Crippen LogP contribution in [0.4, 0.5) is 25.9 Å². The molecule has 27 heteroatoms. The SMILES string of the molecule is COc1ccc2cc3[n+](cc2c1OC(=O)N(C)CCN(C)C(=O)OCCCCCCCCCC(=O)Nc1cc(COC(=O)N(C)CCN(C)C(=O)C2C=Cc4c2ncnc4N(C)[C@H]2CC[C@H](C)CC2)ccc1O[C@@H]1O[C@H](C(=O)O)[C@@H](O)[C@H](O)[C@H]1O)CCc1cc2c(cc1-3)OCO2. The second-order valence-electron chi connectivity index (χ2n) is 25.4. The first-order valence-electron chi connectivity index (χ1n) is 32.9. The van der Waals surface area contributed by atoms with Crippen molar-refractivity contribution in [2.45, 2.75) is 146 Å². The van der Waals surface area contributed by atoms with Crippen LogP contribution in [0.5, 0.6) is 28.7 Å². The van der Waals surface area contributed by atoms with Crippen molar-refractivity contribution in [2.24, 2.45) is 5.92 Å². The van der Waals surface area contributed by atoms with Gasteiger partial charge in [0.2, 0.25) is 30.6 Å². The number of nitrogens with one attached hydrogen (secondary N) is 1. The number of nitrogens with zero attached hydrogens (tertiary/aromatic N) is 8. The highest BCUT2D eigenvalue weighted by Crippen LogP contribution is 2.43. The minimum atomic E-state index is -1.96. The Balaban J connectivity index is 0.634. The van der Waals surface area contributed by atoms with Crippen LogP contribution in [-0.4, -0.2) is 205 Å². The van der Waals surface area contributed by atoms with Crippen LogP contribution >= 0.6 is 0 Å². The number of benzene rings is 3. The van der Waals surface area contributed by atoms with Gasteiger partial charge in [0.25, 0.3) is 0 Å². The zero-order valence-corrected chi connectivity index (χ0v) is 55.5. The third-order valence-corrected chi connectivity index (χ3v) is 18.6. The summed E-state index contributed by atoms with van der Waals surface area (Å²) in [6.45, 7) is 3.83. The van der Waals surface area contributed by atoms with E-state index in [0.717, 1.165) is 98.0 Å². The van der Waals surface area contributed by atoms with Gasteiger partial charge in [-0.3, -0.25) is 9.59 Å². The van der Waals surface area contributed by atoms with Gasteiger partial charge >= 0.3 is 24.2 Å². The molecule has 27 nitrogen and oxygen atoms in total. The molecule has 1 unspecified atom stereocenters. The molecule has 5 amide bonds. The Hall–Kier alpha value is -9.05. The Labute approximate surface area is 557 Å². The van der Waals surface area contributed by atoms with Crippen molar-refractivity contribution in [3.63, 3.8) is 0 Å². The second-order valence-corrected chi connectivity index (χ2v) is 25.4. The van der Waals surface area contributed by atoms with Gasteiger partial charge in [0, 0.05) is 91.9 Å². The summed E-state index contributed by atoms with van der Waals surface area (Å²) in [5.41, 5.74) is 5.18. The molecule has 2 aliphatic carbocycles. The van der Waals surface area contributed by atoms with Crippen molar-refractivity contribution in [1.29, 1.82) is 0 Å². The average molecular weight is 1330 g/mol. The van der Waals surface area contributed by atoms with E-state index in [1.807, 2.05) is 36.5 Å². The molecule has 0 bridgehead atoms. The van der Waals surface area contributed by atoms with E-state index in [1.54, 1.807) is 39.2 Å². The van der Waals surface area contributed by atoms with Crippen LogP contribution in [-0.2, 0) is 48.2 Å². The summed E-state index contributed by atoms with van der Waals surface area (Å²) in [6, 6.07) is 14.6. The van der Waals surface area contributed by atoms with Gasteiger partial charge in [-0.15, -0.1) is 0 Å². The molecule has 96 heavy (non-hydrogen) atoms. The number of carbonyl (C=O) groups is 6. The maximum Gasteiger partial charge on any atom is 0.415 e. The fourth-order valence-electron chi connectivity index (χ4n) is 12.6. The summed E-state index contributed by atoms with van der Waals surface area (Å²) in [7, 11) is 9.97. The molecule has 3 aliphatic heterocycles. The van der Waals surface area contributed by atoms with Crippen LogP contribution in [0.15, 0.2) is 67.1 Å². The Bertz CT molecular complexity index is 3680. The van der Waals surface area contributed by atoms with E-state index >= 15 is 0 Å². The maximum absolute atomic E-state index is 13.8. The molecule has 5 aromatic rings. The number of fused-ring (bicyclic) bond motifs is 6. The van der Waals surface area contributed by atoms with Gasteiger partial charge < -0.3 is 88.1 Å². The Morgan fingerprint density at radius 2 is 1.40 bits per heavy atom. The molecule has 2 aromatic heterocycles. The second kappa shape index (κ2) is 31.7. The highest BCUT2D eigenvalue weighted by molar-refractivity contribution is 5.94. The van der Waals surface area contributed by atoms with Crippen LogP contribution < -0.4 is 38.5 Å². The largest absolute Gasteiger partial charge is 0.493 e. The number of aryl methyl sites for hydroxylation is 2. The molecule has 516 valence electrons. The van der Waals surface area contributed by atoms with Gasteiger partial charge in [0.05, 0.1) is 42.0 Å². The number of carboxylic acids is 1. The van der Waals surface area contributed by atoms with Gasteiger partial charge in [-0.05, 0) is 97.4 Å². The third kappa shape index (κ3) is 16.4. The Kier molecular flexibility index (Phi) is 23.0. The number of likely N-dealkylation sites (N-methyl/N-ethyl adjacent to an activating group) is 4. The summed E-state index contributed by atoms with van der Waals surface area (Å²) >= 11 is 0. The molecular formula is C69H88N9O18+. The fraction of sp³-hybridized carbons (Fsp3) is 0.522. The lowest BCUT2D eigenvalue weighted by molar-refractivity contribution is -0.686. The normalized spacial score (nSPS) is 20.4. The van der Waals surface area contributed by atoms with Crippen molar-refractivity contribution >= 4 is 64.4 Å². The zero-order chi connectivity index (χ0) is 68.3. The summed E-state index contributed by atoms with van der Waals surface area (Å²) in [5, 5.41) is 45.5. The topological polar surface area (TPSA) is 315 Å². The van der Waals surface area contributed by atoms with Crippen molar-refractivity contribution in [3.05, 3.63) is 89.5 Å². The number of anilines is 2. The monoisotopic (exact) mass is 1330 g/mol. The predicted molar refractivity (Wildman–Crippen MR) is 350 cm³/mol. The summed E-state index contributed by atoms with van der Waals surface area (Å²) in [5.74, 6) is 0.784. The molecule has 1 saturated carbocycles. The number of aliphatic carboxylic acids is 1. The number of pyridine rings is 1. The molecule has 0 radical (unpaired) electrons. The number of unbranched alkanes of at least 4 members (excludes halogenated alkanes) is 6. The van der Waals surface area contributed by atoms with E-state index in [4.69, 9.17) is 37.9 Å². The molecular weight excluding hydrogens is 1240 g/mol. The first-order valence-corrected chi connectivity index (χ1v) is 32.9. The van der Waals surface area contributed by atoms with Crippen molar-refractivity contribution in [1.82, 2.24) is 29.6 Å². The molecule has 5 aliphatic rings. The van der Waals surface area contributed by atoms with Gasteiger partial charge in [0.15, 0.2) is 41.8 Å². The lowest BCUT2D eigenvalue weighted by Crippen LogP contribution is -2.61. The number of carbonyl (C=O) groups excluding carboxylic acids is 5. The fourth-order valence-corrected chi connectivity index (χ4v) is 12.6. The summed E-state index contributed by atoms with van der Waals surface area (Å²) in [6.07, 6.45) is 6.55. The number of methoxy groups -OCH3 is 1. The number of hydrogen-bond acceptors (Lipinski definition) is 20. The Morgan fingerprint density at radius 3 is 2.11 bits per heavy atom. The molecule has 5 heterocycles. The number of ether oxygens (including phenoxy) is 8. The molecule has 3 aromatic carbocycles. The average Bonchev–Trinajstić information content (AvgIpc) is 1.02. The van der Waals surface area contributed by atoms with Crippen LogP contribution in [0, 0.1) is 5.92 Å². The molecule has 5 N–H and O–H groups in total. The third-order valence-electron chi connectivity index (χ3n) is 18.6. The number of aliphatic hydroxyl groups is 3. The van der Waals surface area contributed by atoms with Crippen LogP contribution in [0.3, 0.4) is 0 Å². The van der Waals surface area contributed by atoms with Crippen LogP contribution in [0.2, 0.25) is 0 Å². The van der Waals surface area contributed by atoms with Crippen molar-refractivity contribution in [3.8, 4) is 40.0 Å². The molecule has 1 saturated heterocycles. The molecule has 2 fully saturated rings.